The number of nitrogens with zero attached hydrogens (tertiary/aromatic N) is 1. The van der Waals surface area contributed by atoms with Crippen LogP contribution in [-0.2, 0) is 11.0 Å². The SMILES string of the molecule is O=C(O)CC1CC(C(F)(F)F)CN1c1ccc(Oc2ccccc2C(F)(F)F)cc1. The molecule has 1 N–H and O–H groups in total. The van der Waals surface area contributed by atoms with Gasteiger partial charge in [-0.15, -0.1) is 0 Å². The van der Waals surface area contributed by atoms with Crippen molar-refractivity contribution in [2.75, 3.05) is 11.4 Å². The van der Waals surface area contributed by atoms with E-state index in [-0.39, 0.29) is 12.2 Å². The molecule has 0 aliphatic carbocycles. The number of para-hydroxylation sites is 1. The van der Waals surface area contributed by atoms with Crippen LogP contribution in [-0.4, -0.2) is 29.8 Å². The Morgan fingerprint density at radius 3 is 2.23 bits per heavy atom. The zero-order chi connectivity index (χ0) is 22.1. The van der Waals surface area contributed by atoms with Gasteiger partial charge in [-0.1, -0.05) is 12.1 Å². The average molecular weight is 433 g/mol. The van der Waals surface area contributed by atoms with Gasteiger partial charge in [0.2, 0.25) is 0 Å². The summed E-state index contributed by atoms with van der Waals surface area (Å²) in [5, 5.41) is 9.01. The number of rotatable bonds is 5. The van der Waals surface area contributed by atoms with Crippen LogP contribution in [0, 0.1) is 5.92 Å². The van der Waals surface area contributed by atoms with E-state index < -0.39 is 54.6 Å². The molecular weight excluding hydrogens is 416 g/mol. The smallest absolute Gasteiger partial charge is 0.419 e. The first-order valence-corrected chi connectivity index (χ1v) is 8.94. The number of aliphatic carboxylic acids is 1. The van der Waals surface area contributed by atoms with Gasteiger partial charge in [0.15, 0.2) is 0 Å². The van der Waals surface area contributed by atoms with E-state index >= 15 is 0 Å². The predicted molar refractivity (Wildman–Crippen MR) is 95.5 cm³/mol. The lowest BCUT2D eigenvalue weighted by atomic mass is 10.0. The molecule has 162 valence electrons. The van der Waals surface area contributed by atoms with Crippen molar-refractivity contribution in [3.63, 3.8) is 0 Å². The van der Waals surface area contributed by atoms with Crippen molar-refractivity contribution in [1.29, 1.82) is 0 Å². The largest absolute Gasteiger partial charge is 0.481 e. The van der Waals surface area contributed by atoms with E-state index in [0.717, 1.165) is 12.1 Å². The van der Waals surface area contributed by atoms with Crippen molar-refractivity contribution in [3.8, 4) is 11.5 Å². The first-order valence-electron chi connectivity index (χ1n) is 8.94. The summed E-state index contributed by atoms with van der Waals surface area (Å²) in [5.74, 6) is -3.20. The molecule has 0 radical (unpaired) electrons. The number of carboxylic acid groups (broad SMARTS) is 1. The van der Waals surface area contributed by atoms with Crippen molar-refractivity contribution in [2.45, 2.75) is 31.2 Å². The number of hydrogen-bond donors (Lipinski definition) is 1. The topological polar surface area (TPSA) is 49.8 Å². The molecule has 1 fully saturated rings. The van der Waals surface area contributed by atoms with Crippen LogP contribution in [0.5, 0.6) is 11.5 Å². The van der Waals surface area contributed by atoms with Crippen LogP contribution >= 0.6 is 0 Å². The first kappa shape index (κ1) is 21.8. The fourth-order valence-electron chi connectivity index (χ4n) is 3.49. The molecule has 0 saturated carbocycles. The van der Waals surface area contributed by atoms with Gasteiger partial charge in [0.05, 0.1) is 17.9 Å². The highest BCUT2D eigenvalue weighted by atomic mass is 19.4. The monoisotopic (exact) mass is 433 g/mol. The van der Waals surface area contributed by atoms with E-state index in [1.54, 1.807) is 0 Å². The molecular formula is C20H17F6NO3. The van der Waals surface area contributed by atoms with E-state index in [0.29, 0.717) is 5.69 Å². The van der Waals surface area contributed by atoms with Crippen LogP contribution in [0.15, 0.2) is 48.5 Å². The van der Waals surface area contributed by atoms with Crippen LogP contribution in [0.4, 0.5) is 32.0 Å². The predicted octanol–water partition coefficient (Wildman–Crippen LogP) is 5.73. The van der Waals surface area contributed by atoms with Gasteiger partial charge in [0.1, 0.15) is 11.5 Å². The Bertz CT molecular complexity index is 895. The van der Waals surface area contributed by atoms with Gasteiger partial charge < -0.3 is 14.7 Å². The quantitative estimate of drug-likeness (QED) is 0.612. The second-order valence-corrected chi connectivity index (χ2v) is 6.97. The highest BCUT2D eigenvalue weighted by Crippen LogP contribution is 2.41. The van der Waals surface area contributed by atoms with Crippen LogP contribution in [0.2, 0.25) is 0 Å². The summed E-state index contributed by atoms with van der Waals surface area (Å²) < 4.78 is 83.9. The van der Waals surface area contributed by atoms with Crippen molar-refractivity contribution in [1.82, 2.24) is 0 Å². The molecule has 10 heteroatoms. The third kappa shape index (κ3) is 4.98. The molecule has 2 aromatic carbocycles. The van der Waals surface area contributed by atoms with Crippen molar-refractivity contribution in [2.24, 2.45) is 5.92 Å². The highest BCUT2D eigenvalue weighted by Gasteiger charge is 2.47. The highest BCUT2D eigenvalue weighted by molar-refractivity contribution is 5.69. The maximum Gasteiger partial charge on any atom is 0.419 e. The number of benzene rings is 2. The molecule has 0 spiro atoms. The van der Waals surface area contributed by atoms with Crippen LogP contribution in [0.25, 0.3) is 0 Å². The third-order valence-corrected chi connectivity index (χ3v) is 4.88. The Morgan fingerprint density at radius 2 is 1.67 bits per heavy atom. The molecule has 0 aromatic heterocycles. The van der Waals surface area contributed by atoms with Crippen molar-refractivity contribution < 1.29 is 41.0 Å². The van der Waals surface area contributed by atoms with Crippen LogP contribution in [0.3, 0.4) is 0 Å². The fraction of sp³-hybridized carbons (Fsp3) is 0.350. The number of hydrogen-bond acceptors (Lipinski definition) is 3. The second-order valence-electron chi connectivity index (χ2n) is 6.97. The maximum atomic E-state index is 13.1. The summed E-state index contributed by atoms with van der Waals surface area (Å²) in [5.41, 5.74) is -0.618. The number of alkyl halides is 6. The van der Waals surface area contributed by atoms with Crippen molar-refractivity contribution in [3.05, 3.63) is 54.1 Å². The summed E-state index contributed by atoms with van der Waals surface area (Å²) in [6.07, 6.45) is -9.85. The molecule has 4 nitrogen and oxygen atoms in total. The minimum Gasteiger partial charge on any atom is -0.481 e. The zero-order valence-electron chi connectivity index (χ0n) is 15.4. The molecule has 1 aliphatic rings. The maximum absolute atomic E-state index is 13.1. The van der Waals surface area contributed by atoms with Gasteiger partial charge in [-0.3, -0.25) is 4.79 Å². The lowest BCUT2D eigenvalue weighted by Gasteiger charge is -2.26. The average Bonchev–Trinajstić information content (AvgIpc) is 3.05. The summed E-state index contributed by atoms with van der Waals surface area (Å²) in [6, 6.07) is 9.28. The lowest BCUT2D eigenvalue weighted by Crippen LogP contribution is -2.32. The Morgan fingerprint density at radius 1 is 1.03 bits per heavy atom. The van der Waals surface area contributed by atoms with Crippen LogP contribution < -0.4 is 9.64 Å². The molecule has 30 heavy (non-hydrogen) atoms. The Hall–Kier alpha value is -2.91. The first-order chi connectivity index (χ1) is 13.9. The number of halogens is 6. The van der Waals surface area contributed by atoms with E-state index in [9.17, 15) is 31.1 Å². The van der Waals surface area contributed by atoms with Gasteiger partial charge in [0.25, 0.3) is 0 Å². The van der Waals surface area contributed by atoms with E-state index in [4.69, 9.17) is 9.84 Å². The standard InChI is InChI=1S/C20H17F6NO3/c21-19(22,23)12-9-14(10-18(28)29)27(11-12)13-5-7-15(8-6-13)30-17-4-2-1-3-16(17)20(24,25)26/h1-8,12,14H,9-11H2,(H,28,29). The molecule has 2 atom stereocenters. The molecule has 1 aliphatic heterocycles. The molecule has 1 saturated heterocycles. The fourth-order valence-corrected chi connectivity index (χ4v) is 3.49. The molecule has 0 bridgehead atoms. The number of carboxylic acids is 1. The molecule has 0 amide bonds. The minimum absolute atomic E-state index is 0.0665. The number of carbonyl (C=O) groups is 1. The molecule has 2 aromatic rings. The summed E-state index contributed by atoms with van der Waals surface area (Å²) in [7, 11) is 0. The normalized spacial score (nSPS) is 19.7. The van der Waals surface area contributed by atoms with E-state index in [1.807, 2.05) is 0 Å². The minimum atomic E-state index is -4.61. The van der Waals surface area contributed by atoms with E-state index in [1.165, 1.54) is 41.3 Å². The molecule has 3 rings (SSSR count). The number of anilines is 1. The summed E-state index contributed by atoms with van der Waals surface area (Å²) in [6.45, 7) is -0.390. The molecule has 2 unspecified atom stereocenters. The summed E-state index contributed by atoms with van der Waals surface area (Å²) >= 11 is 0. The second kappa shape index (κ2) is 8.08. The Balaban J connectivity index is 1.80. The van der Waals surface area contributed by atoms with Crippen LogP contribution in [0.1, 0.15) is 18.4 Å². The van der Waals surface area contributed by atoms with Gasteiger partial charge in [0, 0.05) is 18.3 Å². The Kier molecular flexibility index (Phi) is 5.87. The van der Waals surface area contributed by atoms with Gasteiger partial charge in [-0.25, -0.2) is 0 Å². The Labute approximate surface area is 167 Å². The zero-order valence-corrected chi connectivity index (χ0v) is 15.4. The summed E-state index contributed by atoms with van der Waals surface area (Å²) in [4.78, 5) is 12.4. The van der Waals surface area contributed by atoms with Crippen molar-refractivity contribution >= 4 is 11.7 Å². The molecule has 1 heterocycles. The van der Waals surface area contributed by atoms with Gasteiger partial charge >= 0.3 is 18.3 Å². The lowest BCUT2D eigenvalue weighted by molar-refractivity contribution is -0.169. The van der Waals surface area contributed by atoms with E-state index in [2.05, 4.69) is 0 Å². The number of ether oxygens (including phenoxy) is 1. The van der Waals surface area contributed by atoms with Gasteiger partial charge in [-0.05, 0) is 42.8 Å². The third-order valence-electron chi connectivity index (χ3n) is 4.88. The van der Waals surface area contributed by atoms with Gasteiger partial charge in [-0.2, -0.15) is 26.3 Å².